The van der Waals surface area contributed by atoms with Gasteiger partial charge in [-0.15, -0.1) is 0 Å². The fourth-order valence-corrected chi connectivity index (χ4v) is 2.76. The molecule has 1 atom stereocenters. The monoisotopic (exact) mass is 334 g/mol. The molecular weight excluding hydrogens is 320 g/mol. The zero-order valence-corrected chi connectivity index (χ0v) is 12.5. The standard InChI is InChI=1S/C16H15BrO3/c17-13-10-15-14(19-7-4-8-20-15)9-12(13)16(18)11-5-2-1-3-6-11/h1-3,5-6,9-10,16,18H,4,7-8H2. The summed E-state index contributed by atoms with van der Waals surface area (Å²) in [6.45, 7) is 1.29. The van der Waals surface area contributed by atoms with Crippen molar-refractivity contribution in [3.63, 3.8) is 0 Å². The van der Waals surface area contributed by atoms with Crippen molar-refractivity contribution in [2.45, 2.75) is 12.5 Å². The van der Waals surface area contributed by atoms with E-state index in [2.05, 4.69) is 15.9 Å². The van der Waals surface area contributed by atoms with Gasteiger partial charge in [-0.05, 0) is 17.7 Å². The molecule has 1 N–H and O–H groups in total. The van der Waals surface area contributed by atoms with Crippen LogP contribution in [0.3, 0.4) is 0 Å². The molecule has 3 rings (SSSR count). The van der Waals surface area contributed by atoms with E-state index in [4.69, 9.17) is 9.47 Å². The molecule has 2 aromatic rings. The van der Waals surface area contributed by atoms with E-state index < -0.39 is 6.10 Å². The molecule has 0 amide bonds. The predicted molar refractivity (Wildman–Crippen MR) is 80.3 cm³/mol. The van der Waals surface area contributed by atoms with Crippen LogP contribution in [0.2, 0.25) is 0 Å². The van der Waals surface area contributed by atoms with E-state index in [9.17, 15) is 5.11 Å². The molecule has 0 aromatic heterocycles. The number of aliphatic hydroxyl groups excluding tert-OH is 1. The van der Waals surface area contributed by atoms with Gasteiger partial charge in [0, 0.05) is 16.5 Å². The molecule has 1 heterocycles. The molecule has 0 radical (unpaired) electrons. The highest BCUT2D eigenvalue weighted by atomic mass is 79.9. The molecule has 0 saturated carbocycles. The van der Waals surface area contributed by atoms with Crippen LogP contribution >= 0.6 is 15.9 Å². The van der Waals surface area contributed by atoms with Crippen LogP contribution in [-0.2, 0) is 0 Å². The minimum Gasteiger partial charge on any atom is -0.490 e. The Morgan fingerprint density at radius 1 is 1.00 bits per heavy atom. The largest absolute Gasteiger partial charge is 0.490 e. The molecule has 0 spiro atoms. The number of rotatable bonds is 2. The molecule has 104 valence electrons. The third-order valence-corrected chi connectivity index (χ3v) is 3.96. The van der Waals surface area contributed by atoms with Crippen molar-refractivity contribution in [3.05, 3.63) is 58.1 Å². The minimum absolute atomic E-state index is 0.634. The lowest BCUT2D eigenvalue weighted by molar-refractivity contribution is 0.218. The smallest absolute Gasteiger partial charge is 0.162 e. The van der Waals surface area contributed by atoms with Crippen molar-refractivity contribution in [2.75, 3.05) is 13.2 Å². The lowest BCUT2D eigenvalue weighted by atomic mass is 10.0. The van der Waals surface area contributed by atoms with Gasteiger partial charge in [0.25, 0.3) is 0 Å². The van der Waals surface area contributed by atoms with E-state index in [1.54, 1.807) is 0 Å². The Hall–Kier alpha value is -1.52. The molecule has 20 heavy (non-hydrogen) atoms. The van der Waals surface area contributed by atoms with Gasteiger partial charge < -0.3 is 14.6 Å². The van der Waals surface area contributed by atoms with Crippen LogP contribution in [0, 0.1) is 0 Å². The second-order valence-corrected chi connectivity index (χ2v) is 5.54. The van der Waals surface area contributed by atoms with Gasteiger partial charge in [0.2, 0.25) is 0 Å². The van der Waals surface area contributed by atoms with Gasteiger partial charge in [-0.2, -0.15) is 0 Å². The predicted octanol–water partition coefficient (Wildman–Crippen LogP) is 3.69. The molecule has 4 heteroatoms. The molecule has 0 aliphatic carbocycles. The normalized spacial score (nSPS) is 15.5. The van der Waals surface area contributed by atoms with E-state index in [1.165, 1.54) is 0 Å². The SMILES string of the molecule is OC(c1ccccc1)c1cc2c(cc1Br)OCCCO2. The van der Waals surface area contributed by atoms with Crippen molar-refractivity contribution in [1.29, 1.82) is 0 Å². The highest BCUT2D eigenvalue weighted by Gasteiger charge is 2.19. The van der Waals surface area contributed by atoms with Crippen molar-refractivity contribution in [3.8, 4) is 11.5 Å². The number of hydrogen-bond acceptors (Lipinski definition) is 3. The molecule has 2 aromatic carbocycles. The number of aliphatic hydroxyl groups is 1. The summed E-state index contributed by atoms with van der Waals surface area (Å²) < 4.78 is 12.1. The summed E-state index contributed by atoms with van der Waals surface area (Å²) in [6, 6.07) is 13.3. The van der Waals surface area contributed by atoms with Crippen molar-refractivity contribution in [2.24, 2.45) is 0 Å². The maximum atomic E-state index is 10.5. The van der Waals surface area contributed by atoms with Gasteiger partial charge in [0.1, 0.15) is 6.10 Å². The first kappa shape index (κ1) is 13.5. The van der Waals surface area contributed by atoms with Gasteiger partial charge in [0.15, 0.2) is 11.5 Å². The third kappa shape index (κ3) is 2.67. The highest BCUT2D eigenvalue weighted by molar-refractivity contribution is 9.10. The maximum Gasteiger partial charge on any atom is 0.162 e. The molecule has 0 saturated heterocycles. The molecule has 1 unspecified atom stereocenters. The Bertz CT molecular complexity index is 598. The maximum absolute atomic E-state index is 10.5. The Morgan fingerprint density at radius 2 is 1.65 bits per heavy atom. The Labute approximate surface area is 126 Å². The number of ether oxygens (including phenoxy) is 2. The average Bonchev–Trinajstić information content (AvgIpc) is 2.71. The average molecular weight is 335 g/mol. The summed E-state index contributed by atoms with van der Waals surface area (Å²) in [7, 11) is 0. The van der Waals surface area contributed by atoms with E-state index in [1.807, 2.05) is 42.5 Å². The summed E-state index contributed by atoms with van der Waals surface area (Å²) in [5, 5.41) is 10.5. The lowest BCUT2D eigenvalue weighted by Crippen LogP contribution is -2.02. The Kier molecular flexibility index (Phi) is 3.94. The summed E-state index contributed by atoms with van der Waals surface area (Å²) in [4.78, 5) is 0. The van der Waals surface area contributed by atoms with E-state index in [-0.39, 0.29) is 0 Å². The molecule has 0 fully saturated rings. The quantitative estimate of drug-likeness (QED) is 0.910. The first-order valence-corrected chi connectivity index (χ1v) is 7.37. The van der Waals surface area contributed by atoms with Crippen molar-refractivity contribution < 1.29 is 14.6 Å². The third-order valence-electron chi connectivity index (χ3n) is 3.28. The fraction of sp³-hybridized carbons (Fsp3) is 0.250. The molecular formula is C16H15BrO3. The van der Waals surface area contributed by atoms with Crippen LogP contribution in [-0.4, -0.2) is 18.3 Å². The van der Waals surface area contributed by atoms with Gasteiger partial charge in [-0.3, -0.25) is 0 Å². The number of benzene rings is 2. The second-order valence-electron chi connectivity index (χ2n) is 4.68. The van der Waals surface area contributed by atoms with Gasteiger partial charge in [0.05, 0.1) is 13.2 Å². The topological polar surface area (TPSA) is 38.7 Å². The molecule has 1 aliphatic heterocycles. The van der Waals surface area contributed by atoms with Gasteiger partial charge >= 0.3 is 0 Å². The first-order chi connectivity index (χ1) is 9.75. The van der Waals surface area contributed by atoms with Gasteiger partial charge in [-0.25, -0.2) is 0 Å². The van der Waals surface area contributed by atoms with Crippen molar-refractivity contribution >= 4 is 15.9 Å². The molecule has 1 aliphatic rings. The van der Waals surface area contributed by atoms with E-state index in [0.717, 1.165) is 27.8 Å². The van der Waals surface area contributed by atoms with E-state index in [0.29, 0.717) is 19.0 Å². The van der Waals surface area contributed by atoms with E-state index >= 15 is 0 Å². The molecule has 0 bridgehead atoms. The van der Waals surface area contributed by atoms with Gasteiger partial charge in [-0.1, -0.05) is 46.3 Å². The Morgan fingerprint density at radius 3 is 2.35 bits per heavy atom. The second kappa shape index (κ2) is 5.85. The summed E-state index contributed by atoms with van der Waals surface area (Å²) >= 11 is 3.50. The van der Waals surface area contributed by atoms with Crippen LogP contribution in [0.5, 0.6) is 11.5 Å². The minimum atomic E-state index is -0.692. The summed E-state index contributed by atoms with van der Waals surface area (Å²) in [6.07, 6.45) is 0.172. The summed E-state index contributed by atoms with van der Waals surface area (Å²) in [5.74, 6) is 1.41. The summed E-state index contributed by atoms with van der Waals surface area (Å²) in [5.41, 5.74) is 1.63. The number of halogens is 1. The Balaban J connectivity index is 1.99. The molecule has 3 nitrogen and oxygen atoms in total. The zero-order valence-electron chi connectivity index (χ0n) is 10.9. The number of hydrogen-bond donors (Lipinski definition) is 1. The van der Waals surface area contributed by atoms with Crippen molar-refractivity contribution in [1.82, 2.24) is 0 Å². The fourth-order valence-electron chi connectivity index (χ4n) is 2.22. The van der Waals surface area contributed by atoms with Crippen LogP contribution in [0.25, 0.3) is 0 Å². The number of fused-ring (bicyclic) bond motifs is 1. The first-order valence-electron chi connectivity index (χ1n) is 6.58. The van der Waals surface area contributed by atoms with Crippen LogP contribution in [0.4, 0.5) is 0 Å². The lowest BCUT2D eigenvalue weighted by Gasteiger charge is -2.16. The zero-order chi connectivity index (χ0) is 13.9. The van der Waals surface area contributed by atoms with Crippen LogP contribution in [0.1, 0.15) is 23.7 Å². The highest BCUT2D eigenvalue weighted by Crippen LogP contribution is 2.39. The van der Waals surface area contributed by atoms with Crippen LogP contribution in [0.15, 0.2) is 46.9 Å². The van der Waals surface area contributed by atoms with Crippen LogP contribution < -0.4 is 9.47 Å².